The predicted octanol–water partition coefficient (Wildman–Crippen LogP) is 1.45. The number of amides is 1. The maximum atomic E-state index is 12.8. The lowest BCUT2D eigenvalue weighted by Crippen LogP contribution is -2.48. The summed E-state index contributed by atoms with van der Waals surface area (Å²) in [5.74, 6) is 0.0328. The van der Waals surface area contributed by atoms with Crippen molar-refractivity contribution in [2.45, 2.75) is 6.92 Å². The summed E-state index contributed by atoms with van der Waals surface area (Å²) in [7, 11) is 0. The molecular formula is C14H15N7OS2. The van der Waals surface area contributed by atoms with Gasteiger partial charge in [0.2, 0.25) is 0 Å². The lowest BCUT2D eigenvalue weighted by Gasteiger charge is -2.34. The lowest BCUT2D eigenvalue weighted by atomic mass is 10.3. The van der Waals surface area contributed by atoms with E-state index in [9.17, 15) is 4.79 Å². The van der Waals surface area contributed by atoms with Crippen LogP contribution in [0.3, 0.4) is 0 Å². The second-order valence-electron chi connectivity index (χ2n) is 5.44. The van der Waals surface area contributed by atoms with Gasteiger partial charge in [-0.05, 0) is 28.8 Å². The van der Waals surface area contributed by atoms with E-state index in [-0.39, 0.29) is 5.91 Å². The zero-order valence-electron chi connectivity index (χ0n) is 13.0. The number of thiazole rings is 1. The average molecular weight is 361 g/mol. The van der Waals surface area contributed by atoms with Crippen molar-refractivity contribution in [2.75, 3.05) is 31.1 Å². The van der Waals surface area contributed by atoms with E-state index in [4.69, 9.17) is 0 Å². The standard InChI is InChI=1S/C14H15N7OS2/c1-10-8-24-14(16-10)20-5-3-19(4-6-20)13(22)12-11(2-7-23-12)21-9-15-17-18-21/h2,7-9H,3-6H2,1H3. The van der Waals surface area contributed by atoms with Crippen LogP contribution in [0.5, 0.6) is 0 Å². The second kappa shape index (κ2) is 6.29. The van der Waals surface area contributed by atoms with Crippen LogP contribution < -0.4 is 4.90 Å². The molecular weight excluding hydrogens is 346 g/mol. The summed E-state index contributed by atoms with van der Waals surface area (Å²) in [6, 6.07) is 1.86. The molecule has 0 saturated carbocycles. The number of tetrazole rings is 1. The van der Waals surface area contributed by atoms with E-state index < -0.39 is 0 Å². The molecule has 10 heteroatoms. The Labute approximate surface area is 146 Å². The Bertz CT molecular complexity index is 833. The molecule has 8 nitrogen and oxygen atoms in total. The molecule has 1 aliphatic rings. The Kier molecular flexibility index (Phi) is 3.98. The minimum atomic E-state index is 0.0328. The Hall–Kier alpha value is -2.33. The number of hydrogen-bond acceptors (Lipinski definition) is 8. The molecule has 0 aliphatic carbocycles. The maximum absolute atomic E-state index is 12.8. The van der Waals surface area contributed by atoms with Crippen LogP contribution in [0, 0.1) is 6.92 Å². The number of thiophene rings is 1. The van der Waals surface area contributed by atoms with Gasteiger partial charge in [-0.15, -0.1) is 27.8 Å². The van der Waals surface area contributed by atoms with Gasteiger partial charge in [0.25, 0.3) is 5.91 Å². The van der Waals surface area contributed by atoms with E-state index in [2.05, 4.69) is 30.8 Å². The number of rotatable bonds is 3. The average Bonchev–Trinajstić information content (AvgIpc) is 3.35. The van der Waals surface area contributed by atoms with Crippen molar-refractivity contribution in [3.63, 3.8) is 0 Å². The van der Waals surface area contributed by atoms with Crippen LogP contribution in [-0.2, 0) is 0 Å². The molecule has 0 bridgehead atoms. The summed E-state index contributed by atoms with van der Waals surface area (Å²) in [5, 5.41) is 16.1. The van der Waals surface area contributed by atoms with E-state index in [0.717, 1.165) is 29.6 Å². The van der Waals surface area contributed by atoms with Crippen LogP contribution in [0.2, 0.25) is 0 Å². The highest BCUT2D eigenvalue weighted by atomic mass is 32.1. The second-order valence-corrected chi connectivity index (χ2v) is 7.19. The van der Waals surface area contributed by atoms with E-state index in [1.54, 1.807) is 11.3 Å². The fourth-order valence-electron chi connectivity index (χ4n) is 2.65. The van der Waals surface area contributed by atoms with Crippen molar-refractivity contribution < 1.29 is 4.79 Å². The molecule has 1 saturated heterocycles. The highest BCUT2D eigenvalue weighted by molar-refractivity contribution is 7.13. The number of aromatic nitrogens is 5. The van der Waals surface area contributed by atoms with E-state index in [1.165, 1.54) is 22.3 Å². The van der Waals surface area contributed by atoms with Gasteiger partial charge < -0.3 is 9.80 Å². The third-order valence-corrected chi connectivity index (χ3v) is 5.79. The molecule has 1 aliphatic heterocycles. The Morgan fingerprint density at radius 3 is 2.71 bits per heavy atom. The SMILES string of the molecule is Cc1csc(N2CCN(C(=O)c3sccc3-n3cnnn3)CC2)n1. The maximum Gasteiger partial charge on any atom is 0.266 e. The molecule has 4 heterocycles. The van der Waals surface area contributed by atoms with Gasteiger partial charge in [0.15, 0.2) is 5.13 Å². The number of piperazine rings is 1. The molecule has 0 spiro atoms. The van der Waals surface area contributed by atoms with Crippen molar-refractivity contribution in [1.82, 2.24) is 30.1 Å². The summed E-state index contributed by atoms with van der Waals surface area (Å²) >= 11 is 3.07. The molecule has 3 aromatic rings. The first-order chi connectivity index (χ1) is 11.7. The predicted molar refractivity (Wildman–Crippen MR) is 92.0 cm³/mol. The van der Waals surface area contributed by atoms with Gasteiger partial charge in [-0.1, -0.05) is 0 Å². The van der Waals surface area contributed by atoms with Crippen molar-refractivity contribution in [1.29, 1.82) is 0 Å². The van der Waals surface area contributed by atoms with Crippen LogP contribution in [0.4, 0.5) is 5.13 Å². The molecule has 1 amide bonds. The van der Waals surface area contributed by atoms with Crippen LogP contribution in [-0.4, -0.2) is 62.2 Å². The van der Waals surface area contributed by atoms with Gasteiger partial charge >= 0.3 is 0 Å². The molecule has 0 atom stereocenters. The lowest BCUT2D eigenvalue weighted by molar-refractivity contribution is 0.0751. The zero-order valence-corrected chi connectivity index (χ0v) is 14.6. The molecule has 3 aromatic heterocycles. The van der Waals surface area contributed by atoms with Gasteiger partial charge in [0.05, 0.1) is 11.4 Å². The first-order valence-corrected chi connectivity index (χ1v) is 9.25. The van der Waals surface area contributed by atoms with Crippen LogP contribution >= 0.6 is 22.7 Å². The summed E-state index contributed by atoms with van der Waals surface area (Å²) in [6.45, 7) is 4.96. The van der Waals surface area contributed by atoms with Gasteiger partial charge in [0.1, 0.15) is 11.2 Å². The number of anilines is 1. The topological polar surface area (TPSA) is 80.0 Å². The normalized spacial score (nSPS) is 15.0. The molecule has 4 rings (SSSR count). The third kappa shape index (κ3) is 2.78. The summed E-state index contributed by atoms with van der Waals surface area (Å²) in [6.07, 6.45) is 1.50. The van der Waals surface area contributed by atoms with Crippen LogP contribution in [0.1, 0.15) is 15.4 Å². The minimum absolute atomic E-state index is 0.0328. The van der Waals surface area contributed by atoms with Crippen molar-refractivity contribution in [3.05, 3.63) is 33.7 Å². The quantitative estimate of drug-likeness (QED) is 0.702. The highest BCUT2D eigenvalue weighted by Crippen LogP contribution is 2.25. The number of nitrogens with zero attached hydrogens (tertiary/aromatic N) is 7. The first-order valence-electron chi connectivity index (χ1n) is 7.49. The molecule has 124 valence electrons. The fourth-order valence-corrected chi connectivity index (χ4v) is 4.35. The van der Waals surface area contributed by atoms with E-state index in [0.29, 0.717) is 18.0 Å². The van der Waals surface area contributed by atoms with Crippen molar-refractivity contribution >= 4 is 33.7 Å². The Morgan fingerprint density at radius 2 is 2.04 bits per heavy atom. The van der Waals surface area contributed by atoms with Gasteiger partial charge in [-0.2, -0.15) is 4.68 Å². The van der Waals surface area contributed by atoms with Crippen LogP contribution in [0.25, 0.3) is 5.69 Å². The van der Waals surface area contributed by atoms with Gasteiger partial charge in [-0.3, -0.25) is 4.79 Å². The number of aryl methyl sites for hydroxylation is 1. The summed E-state index contributed by atoms with van der Waals surface area (Å²) in [4.78, 5) is 22.2. The molecule has 0 unspecified atom stereocenters. The fraction of sp³-hybridized carbons (Fsp3) is 0.357. The van der Waals surface area contributed by atoms with Gasteiger partial charge in [0, 0.05) is 31.6 Å². The first kappa shape index (κ1) is 15.2. The molecule has 0 aromatic carbocycles. The van der Waals surface area contributed by atoms with E-state index >= 15 is 0 Å². The van der Waals surface area contributed by atoms with E-state index in [1.807, 2.05) is 23.3 Å². The molecule has 1 fully saturated rings. The van der Waals surface area contributed by atoms with Crippen molar-refractivity contribution in [2.24, 2.45) is 0 Å². The Morgan fingerprint density at radius 1 is 1.21 bits per heavy atom. The number of carbonyl (C=O) groups is 1. The zero-order chi connectivity index (χ0) is 16.5. The molecule has 0 N–H and O–H groups in total. The third-order valence-electron chi connectivity index (χ3n) is 3.88. The number of carbonyl (C=O) groups excluding carboxylic acids is 1. The highest BCUT2D eigenvalue weighted by Gasteiger charge is 2.26. The Balaban J connectivity index is 1.46. The monoisotopic (exact) mass is 361 g/mol. The van der Waals surface area contributed by atoms with Crippen molar-refractivity contribution in [3.8, 4) is 5.69 Å². The molecule has 24 heavy (non-hydrogen) atoms. The summed E-state index contributed by atoms with van der Waals surface area (Å²) < 4.78 is 1.53. The number of hydrogen-bond donors (Lipinski definition) is 0. The summed E-state index contributed by atoms with van der Waals surface area (Å²) in [5.41, 5.74) is 1.77. The minimum Gasteiger partial charge on any atom is -0.345 e. The largest absolute Gasteiger partial charge is 0.345 e. The van der Waals surface area contributed by atoms with Crippen LogP contribution in [0.15, 0.2) is 23.2 Å². The van der Waals surface area contributed by atoms with Gasteiger partial charge in [-0.25, -0.2) is 4.98 Å². The molecule has 0 radical (unpaired) electrons. The smallest absolute Gasteiger partial charge is 0.266 e.